The van der Waals surface area contributed by atoms with E-state index in [0.717, 1.165) is 0 Å². The van der Waals surface area contributed by atoms with E-state index in [1.807, 2.05) is 0 Å². The number of rotatable bonds is 0. The molecule has 11 heavy (non-hydrogen) atoms. The maximum Gasteiger partial charge on any atom is 3.00 e. The van der Waals surface area contributed by atoms with Gasteiger partial charge in [0.1, 0.15) is 0 Å². The zero-order valence-corrected chi connectivity index (χ0v) is 9.74. The molecule has 0 bridgehead atoms. The number of hydrogen-bond donors (Lipinski definition) is 0. The van der Waals surface area contributed by atoms with Gasteiger partial charge in [-0.1, -0.05) is 0 Å². The van der Waals surface area contributed by atoms with Crippen LogP contribution in [0.4, 0.5) is 0 Å². The molecular weight excluding hydrogens is 338 g/mol. The second-order valence-corrected chi connectivity index (χ2v) is 2.27. The van der Waals surface area contributed by atoms with Crippen LogP contribution in [-0.4, -0.2) is 0 Å². The summed E-state index contributed by atoms with van der Waals surface area (Å²) in [6.07, 6.45) is 0. The van der Waals surface area contributed by atoms with Crippen LogP contribution in [0.25, 0.3) is 0 Å². The van der Waals surface area contributed by atoms with Crippen molar-refractivity contribution in [2.75, 3.05) is 0 Å². The minimum Gasteiger partial charge on any atom is -0.222 e. The predicted molar refractivity (Wildman–Crippen MR) is 0 cm³/mol. The molecule has 0 rings (SSSR count). The van der Waals surface area contributed by atoms with Crippen molar-refractivity contribution in [3.8, 4) is 0 Å². The van der Waals surface area contributed by atoms with E-state index in [4.69, 9.17) is 37.3 Å². The molecule has 0 aliphatic heterocycles. The Bertz CT molecular complexity index is 55.1. The van der Waals surface area contributed by atoms with Gasteiger partial charge in [0.2, 0.25) is 0 Å². The Balaban J connectivity index is -0.000000107. The zero-order valence-electron chi connectivity index (χ0n) is 4.60. The average molecular weight is 338 g/mol. The molecule has 0 unspecified atom stereocenters. The maximum atomic E-state index is 8.49. The molecule has 0 atom stereocenters. The largest absolute Gasteiger partial charge is 3.00 e. The normalized spacial score (nSPS) is 10.9. The van der Waals surface area contributed by atoms with Crippen LogP contribution < -0.4 is 37.3 Å². The molecule has 0 spiro atoms. The summed E-state index contributed by atoms with van der Waals surface area (Å²) in [6, 6.07) is 0. The minimum atomic E-state index is -4.94. The Morgan fingerprint density at radius 3 is 0.455 bits per heavy atom. The first-order valence-electron chi connectivity index (χ1n) is 1.23. The Hall–Kier alpha value is 1.45. The van der Waals surface area contributed by atoms with E-state index in [1.165, 1.54) is 0 Å². The van der Waals surface area contributed by atoms with E-state index < -0.39 is 20.5 Å². The molecule has 8 nitrogen and oxygen atoms in total. The molecule has 0 saturated heterocycles. The van der Waals surface area contributed by atoms with Crippen LogP contribution in [0.1, 0.15) is 0 Å². The van der Waals surface area contributed by atoms with Gasteiger partial charge in [0.25, 0.3) is 0 Å². The van der Waals surface area contributed by atoms with Crippen molar-refractivity contribution in [3.63, 3.8) is 0 Å². The molecule has 0 aliphatic carbocycles. The van der Waals surface area contributed by atoms with Crippen molar-refractivity contribution in [3.05, 3.63) is 0 Å². The predicted octanol–water partition coefficient (Wildman–Crippen LogP) is -9.51. The van der Waals surface area contributed by atoms with Crippen molar-refractivity contribution in [1.29, 1.82) is 0 Å². The van der Waals surface area contributed by atoms with Gasteiger partial charge in [-0.05, 0) is 0 Å². The molecule has 64 valence electrons. The van der Waals surface area contributed by atoms with Crippen molar-refractivity contribution in [2.45, 2.75) is 0 Å². The third kappa shape index (κ3) is 484. The molecule has 0 aliphatic rings. The SMILES string of the molecule is [La+3].[O-][Cl+3]([O-])([O-])[O-].[O-][Cl+3]([O-])([O-])[O-]. The topological polar surface area (TPSA) is 184 Å². The average Bonchev–Trinajstić information content (AvgIpc) is 1.12. The van der Waals surface area contributed by atoms with Crippen LogP contribution in [-0.2, 0) is 0 Å². The second-order valence-electron chi connectivity index (χ2n) is 0.756. The van der Waals surface area contributed by atoms with Crippen molar-refractivity contribution < 1.29 is 93.4 Å². The summed E-state index contributed by atoms with van der Waals surface area (Å²) in [7, 11) is -9.89. The van der Waals surface area contributed by atoms with Gasteiger partial charge >= 0.3 is 35.6 Å². The van der Waals surface area contributed by atoms with Crippen molar-refractivity contribution >= 4 is 0 Å². The van der Waals surface area contributed by atoms with E-state index in [0.29, 0.717) is 0 Å². The summed E-state index contributed by atoms with van der Waals surface area (Å²) in [6.45, 7) is 0. The summed E-state index contributed by atoms with van der Waals surface area (Å²) in [5.74, 6) is 0. The fourth-order valence-corrected chi connectivity index (χ4v) is 0. The van der Waals surface area contributed by atoms with Gasteiger partial charge < -0.3 is 0 Å². The second kappa shape index (κ2) is 6.92. The van der Waals surface area contributed by atoms with Gasteiger partial charge in [-0.2, -0.15) is 0 Å². The van der Waals surface area contributed by atoms with Crippen LogP contribution in [0.15, 0.2) is 0 Å². The Morgan fingerprint density at radius 2 is 0.455 bits per heavy atom. The van der Waals surface area contributed by atoms with Gasteiger partial charge in [-0.3, -0.25) is 0 Å². The Kier molecular flexibility index (Phi) is 11.5. The standard InChI is InChI=1S/2ClHO4.La/c2*2-1(3,4)5;/h2*(H,2,3,4,5);/q;;+3/p-2. The molecule has 0 aromatic heterocycles. The van der Waals surface area contributed by atoms with Gasteiger partial charge in [0, 0.05) is 0 Å². The summed E-state index contributed by atoms with van der Waals surface area (Å²) < 4.78 is 67.9. The van der Waals surface area contributed by atoms with Crippen LogP contribution in [0.5, 0.6) is 0 Å². The molecule has 0 heterocycles. The van der Waals surface area contributed by atoms with Gasteiger partial charge in [0.05, 0.1) is 0 Å². The van der Waals surface area contributed by atoms with Crippen LogP contribution in [0.2, 0.25) is 0 Å². The smallest absolute Gasteiger partial charge is 0.222 e. The molecule has 0 N–H and O–H groups in total. The first-order chi connectivity index (χ1) is 4.00. The third-order valence-corrected chi connectivity index (χ3v) is 0. The van der Waals surface area contributed by atoms with E-state index in [9.17, 15) is 0 Å². The van der Waals surface area contributed by atoms with Crippen LogP contribution in [0.3, 0.4) is 0 Å². The fraction of sp³-hybridized carbons (Fsp3) is 0. The van der Waals surface area contributed by atoms with Gasteiger partial charge in [-0.15, -0.1) is 20.5 Å². The van der Waals surface area contributed by atoms with E-state index >= 15 is 0 Å². The summed E-state index contributed by atoms with van der Waals surface area (Å²) in [5.41, 5.74) is 0. The molecule has 0 amide bonds. The number of hydrogen-bond acceptors (Lipinski definition) is 8. The first-order valence-corrected chi connectivity index (χ1v) is 3.70. The van der Waals surface area contributed by atoms with Crippen molar-refractivity contribution in [1.82, 2.24) is 0 Å². The van der Waals surface area contributed by atoms with E-state index in [2.05, 4.69) is 0 Å². The molecule has 0 fully saturated rings. The molecular formula is Cl2LaO8+. The van der Waals surface area contributed by atoms with Crippen LogP contribution in [0, 0.1) is 56.1 Å². The Morgan fingerprint density at radius 1 is 0.455 bits per heavy atom. The molecule has 11 heteroatoms. The maximum absolute atomic E-state index is 8.49. The summed E-state index contributed by atoms with van der Waals surface area (Å²) in [4.78, 5) is 0. The first kappa shape index (κ1) is 18.3. The molecule has 0 aromatic rings. The van der Waals surface area contributed by atoms with E-state index in [-0.39, 0.29) is 35.6 Å². The zero-order chi connectivity index (χ0) is 9.00. The summed E-state index contributed by atoms with van der Waals surface area (Å²) in [5, 5.41) is 0. The molecule has 0 radical (unpaired) electrons. The van der Waals surface area contributed by atoms with E-state index in [1.54, 1.807) is 0 Å². The minimum absolute atomic E-state index is 0. The quantitative estimate of drug-likeness (QED) is 0.416. The monoisotopic (exact) mass is 337 g/mol. The molecule has 0 aromatic carbocycles. The van der Waals surface area contributed by atoms with Gasteiger partial charge in [0.15, 0.2) is 0 Å². The Labute approximate surface area is 92.8 Å². The van der Waals surface area contributed by atoms with Crippen molar-refractivity contribution in [2.24, 2.45) is 0 Å². The third-order valence-electron chi connectivity index (χ3n) is 0. The van der Waals surface area contributed by atoms with Gasteiger partial charge in [-0.25, -0.2) is 37.3 Å². The number of halogens is 2. The summed E-state index contributed by atoms with van der Waals surface area (Å²) >= 11 is 0. The molecule has 0 saturated carbocycles. The van der Waals surface area contributed by atoms with Crippen LogP contribution >= 0.6 is 0 Å². The fourth-order valence-electron chi connectivity index (χ4n) is 0.